The number of nitrogens with zero attached hydrogens (tertiary/aromatic N) is 1. The summed E-state index contributed by atoms with van der Waals surface area (Å²) in [4.78, 5) is 0. The summed E-state index contributed by atoms with van der Waals surface area (Å²) in [7, 11) is 0. The molecule has 0 radical (unpaired) electrons. The fourth-order valence-electron chi connectivity index (χ4n) is 4.57. The van der Waals surface area contributed by atoms with E-state index in [9.17, 15) is 0 Å². The van der Waals surface area contributed by atoms with Gasteiger partial charge in [-0.3, -0.25) is 0 Å². The van der Waals surface area contributed by atoms with Gasteiger partial charge >= 0.3 is 0 Å². The summed E-state index contributed by atoms with van der Waals surface area (Å²) >= 11 is 1.90. The van der Waals surface area contributed by atoms with Crippen LogP contribution in [-0.4, -0.2) is 4.57 Å². The third-order valence-corrected chi connectivity index (χ3v) is 7.13. The van der Waals surface area contributed by atoms with E-state index >= 15 is 0 Å². The van der Waals surface area contributed by atoms with E-state index in [0.717, 1.165) is 0 Å². The van der Waals surface area contributed by atoms with Gasteiger partial charge in [0, 0.05) is 36.6 Å². The Balaban J connectivity index is 1.81. The zero-order chi connectivity index (χ0) is 18.8. The van der Waals surface area contributed by atoms with Gasteiger partial charge in [0.1, 0.15) is 0 Å². The van der Waals surface area contributed by atoms with Gasteiger partial charge in [0.15, 0.2) is 0 Å². The van der Waals surface area contributed by atoms with Gasteiger partial charge in [-0.25, -0.2) is 0 Å². The molecule has 6 aromatic rings. The highest BCUT2D eigenvalue weighted by Crippen LogP contribution is 2.39. The number of fused-ring (bicyclic) bond motifs is 6. The highest BCUT2D eigenvalue weighted by molar-refractivity contribution is 7.26. The molecular formula is C26H19NS. The maximum absolute atomic E-state index is 2.44. The molecule has 134 valence electrons. The molecule has 0 aliphatic rings. The molecule has 0 fully saturated rings. The second-order valence-electron chi connectivity index (χ2n) is 7.56. The van der Waals surface area contributed by atoms with Crippen molar-refractivity contribution in [1.82, 2.24) is 4.57 Å². The Hall–Kier alpha value is -3.10. The van der Waals surface area contributed by atoms with E-state index in [2.05, 4.69) is 97.3 Å². The molecule has 0 saturated heterocycles. The Bertz CT molecular complexity index is 1530. The molecule has 0 saturated carbocycles. The normalized spacial score (nSPS) is 11.9. The summed E-state index contributed by atoms with van der Waals surface area (Å²) in [5.41, 5.74) is 6.47. The molecule has 1 nitrogen and oxygen atoms in total. The molecule has 2 heteroatoms. The monoisotopic (exact) mass is 377 g/mol. The Labute approximate surface area is 167 Å². The third kappa shape index (κ3) is 2.07. The average molecular weight is 378 g/mol. The van der Waals surface area contributed by atoms with E-state index in [1.807, 2.05) is 11.3 Å². The maximum Gasteiger partial charge on any atom is 0.0570 e. The second kappa shape index (κ2) is 5.70. The molecule has 6 rings (SSSR count). The van der Waals surface area contributed by atoms with Gasteiger partial charge in [-0.2, -0.15) is 0 Å². The second-order valence-corrected chi connectivity index (χ2v) is 8.61. The van der Waals surface area contributed by atoms with Crippen LogP contribution in [0.15, 0.2) is 78.9 Å². The van der Waals surface area contributed by atoms with Gasteiger partial charge in [0.25, 0.3) is 0 Å². The molecule has 0 atom stereocenters. The lowest BCUT2D eigenvalue weighted by molar-refractivity contribution is 1.17. The first-order chi connectivity index (χ1) is 13.7. The van der Waals surface area contributed by atoms with Crippen LogP contribution in [0.5, 0.6) is 0 Å². The first-order valence-corrected chi connectivity index (χ1v) is 10.4. The third-order valence-electron chi connectivity index (χ3n) is 5.80. The molecule has 0 spiro atoms. The topological polar surface area (TPSA) is 4.93 Å². The molecule has 0 N–H and O–H groups in total. The summed E-state index contributed by atoms with van der Waals surface area (Å²) < 4.78 is 5.19. The van der Waals surface area contributed by atoms with E-state index in [1.165, 1.54) is 58.8 Å². The van der Waals surface area contributed by atoms with Gasteiger partial charge in [-0.1, -0.05) is 54.6 Å². The number of aryl methyl sites for hydroxylation is 2. The van der Waals surface area contributed by atoms with Crippen LogP contribution >= 0.6 is 11.3 Å². The Morgan fingerprint density at radius 2 is 1.39 bits per heavy atom. The van der Waals surface area contributed by atoms with Crippen molar-refractivity contribution in [3.8, 4) is 5.69 Å². The minimum absolute atomic E-state index is 1.24. The fourth-order valence-corrected chi connectivity index (χ4v) is 5.72. The summed E-state index contributed by atoms with van der Waals surface area (Å²) in [5.74, 6) is 0. The molecule has 0 aliphatic carbocycles. The van der Waals surface area contributed by atoms with E-state index in [4.69, 9.17) is 0 Å². The van der Waals surface area contributed by atoms with Crippen LogP contribution in [0.1, 0.15) is 11.1 Å². The van der Waals surface area contributed by atoms with Crippen LogP contribution in [-0.2, 0) is 0 Å². The maximum atomic E-state index is 2.44. The van der Waals surface area contributed by atoms with E-state index < -0.39 is 0 Å². The van der Waals surface area contributed by atoms with Crippen molar-refractivity contribution >= 4 is 53.3 Å². The summed E-state index contributed by atoms with van der Waals surface area (Å²) in [6, 6.07) is 28.8. The molecule has 0 bridgehead atoms. The van der Waals surface area contributed by atoms with Crippen LogP contribution in [0, 0.1) is 13.8 Å². The predicted molar refractivity (Wildman–Crippen MR) is 123 cm³/mol. The summed E-state index contributed by atoms with van der Waals surface area (Å²) in [6.07, 6.45) is 0. The lowest BCUT2D eigenvalue weighted by Gasteiger charge is -2.11. The molecule has 0 aliphatic heterocycles. The van der Waals surface area contributed by atoms with E-state index in [-0.39, 0.29) is 0 Å². The zero-order valence-electron chi connectivity index (χ0n) is 15.9. The number of aromatic nitrogens is 1. The van der Waals surface area contributed by atoms with Crippen molar-refractivity contribution in [3.05, 3.63) is 90.0 Å². The van der Waals surface area contributed by atoms with Crippen LogP contribution in [0.4, 0.5) is 0 Å². The van der Waals surface area contributed by atoms with Gasteiger partial charge in [0.2, 0.25) is 0 Å². The highest BCUT2D eigenvalue weighted by Gasteiger charge is 2.15. The SMILES string of the molecule is Cc1cc(-n2c3ccccc3c3cccc(C)c32)cc2c1sc1ccccc12. The van der Waals surface area contributed by atoms with Crippen LogP contribution in [0.2, 0.25) is 0 Å². The van der Waals surface area contributed by atoms with Gasteiger partial charge in [0.05, 0.1) is 11.0 Å². The molecule has 0 unspecified atom stereocenters. The lowest BCUT2D eigenvalue weighted by atomic mass is 10.1. The highest BCUT2D eigenvalue weighted by atomic mass is 32.1. The Morgan fingerprint density at radius 3 is 2.29 bits per heavy atom. The van der Waals surface area contributed by atoms with Crippen molar-refractivity contribution < 1.29 is 0 Å². The standard InChI is InChI=1S/C26H19NS/c1-16-8-7-11-21-19-9-3-5-12-23(19)27(25(16)21)18-14-17(2)26-22(15-18)20-10-4-6-13-24(20)28-26/h3-15H,1-2H3. The van der Waals surface area contributed by atoms with Crippen molar-refractivity contribution in [2.75, 3.05) is 0 Å². The molecule has 2 aromatic heterocycles. The van der Waals surface area contributed by atoms with Crippen molar-refractivity contribution in [3.63, 3.8) is 0 Å². The van der Waals surface area contributed by atoms with Crippen molar-refractivity contribution in [1.29, 1.82) is 0 Å². The van der Waals surface area contributed by atoms with Crippen LogP contribution < -0.4 is 0 Å². The predicted octanol–water partition coefficient (Wildman–Crippen LogP) is 7.77. The molecular weight excluding hydrogens is 358 g/mol. The number of para-hydroxylation sites is 2. The van der Waals surface area contributed by atoms with Crippen molar-refractivity contribution in [2.45, 2.75) is 13.8 Å². The molecule has 28 heavy (non-hydrogen) atoms. The number of rotatable bonds is 1. The quantitative estimate of drug-likeness (QED) is 0.276. The van der Waals surface area contributed by atoms with Gasteiger partial charge in [-0.15, -0.1) is 11.3 Å². The molecule has 0 amide bonds. The molecule has 2 heterocycles. The average Bonchev–Trinajstić information content (AvgIpc) is 3.25. The fraction of sp³-hybridized carbons (Fsp3) is 0.0769. The minimum atomic E-state index is 1.24. The zero-order valence-corrected chi connectivity index (χ0v) is 16.7. The first kappa shape index (κ1) is 15.9. The number of thiophene rings is 1. The summed E-state index contributed by atoms with van der Waals surface area (Å²) in [5, 5.41) is 5.35. The van der Waals surface area contributed by atoms with Crippen LogP contribution in [0.25, 0.3) is 47.7 Å². The number of hydrogen-bond acceptors (Lipinski definition) is 1. The Morgan fingerprint density at radius 1 is 0.643 bits per heavy atom. The van der Waals surface area contributed by atoms with E-state index in [1.54, 1.807) is 0 Å². The Kier molecular flexibility index (Phi) is 3.24. The van der Waals surface area contributed by atoms with Crippen LogP contribution in [0.3, 0.4) is 0 Å². The smallest absolute Gasteiger partial charge is 0.0570 e. The lowest BCUT2D eigenvalue weighted by Crippen LogP contribution is -1.96. The number of hydrogen-bond donors (Lipinski definition) is 0. The minimum Gasteiger partial charge on any atom is -0.309 e. The van der Waals surface area contributed by atoms with Gasteiger partial charge in [-0.05, 0) is 49.2 Å². The van der Waals surface area contributed by atoms with Crippen molar-refractivity contribution in [2.24, 2.45) is 0 Å². The number of benzene rings is 4. The molecule has 4 aromatic carbocycles. The summed E-state index contributed by atoms with van der Waals surface area (Å²) in [6.45, 7) is 4.45. The van der Waals surface area contributed by atoms with E-state index in [0.29, 0.717) is 0 Å². The van der Waals surface area contributed by atoms with Gasteiger partial charge < -0.3 is 4.57 Å². The largest absolute Gasteiger partial charge is 0.309 e. The first-order valence-electron chi connectivity index (χ1n) is 9.63.